The van der Waals surface area contributed by atoms with Gasteiger partial charge in [0.25, 0.3) is 0 Å². The number of nitrogens with zero attached hydrogens (tertiary/aromatic N) is 3. The lowest BCUT2D eigenvalue weighted by molar-refractivity contribution is -0.134. The van der Waals surface area contributed by atoms with Gasteiger partial charge in [-0.25, -0.2) is 9.97 Å². The lowest BCUT2D eigenvalue weighted by atomic mass is 10.0. The van der Waals surface area contributed by atoms with Gasteiger partial charge in [0.1, 0.15) is 6.10 Å². The highest BCUT2D eigenvalue weighted by molar-refractivity contribution is 5.76. The molecule has 1 aromatic rings. The highest BCUT2D eigenvalue weighted by Gasteiger charge is 2.27. The maximum atomic E-state index is 12.2. The summed E-state index contributed by atoms with van der Waals surface area (Å²) in [4.78, 5) is 22.3. The summed E-state index contributed by atoms with van der Waals surface area (Å²) < 4.78 is 11.1. The fraction of sp³-hybridized carbons (Fsp3) is 0.667. The van der Waals surface area contributed by atoms with Crippen LogP contribution >= 0.6 is 0 Å². The van der Waals surface area contributed by atoms with E-state index < -0.39 is 0 Å². The van der Waals surface area contributed by atoms with Crippen molar-refractivity contribution >= 4 is 5.91 Å². The minimum Gasteiger partial charge on any atom is -0.460 e. The van der Waals surface area contributed by atoms with Crippen molar-refractivity contribution in [3.8, 4) is 6.01 Å². The monoisotopic (exact) mass is 291 g/mol. The number of rotatable bonds is 4. The van der Waals surface area contributed by atoms with Crippen LogP contribution in [0.25, 0.3) is 0 Å². The summed E-state index contributed by atoms with van der Waals surface area (Å²) in [6.07, 6.45) is 6.75. The smallest absolute Gasteiger partial charge is 0.316 e. The quantitative estimate of drug-likeness (QED) is 0.836. The Bertz CT molecular complexity index is 454. The molecule has 1 amide bonds. The molecule has 1 aromatic heterocycles. The summed E-state index contributed by atoms with van der Waals surface area (Å²) in [5.74, 6) is 0.657. The van der Waals surface area contributed by atoms with Gasteiger partial charge >= 0.3 is 6.01 Å². The molecule has 6 heteroatoms. The zero-order chi connectivity index (χ0) is 14.5. The molecule has 0 spiro atoms. The van der Waals surface area contributed by atoms with E-state index in [-0.39, 0.29) is 12.0 Å². The average Bonchev–Trinajstić information content (AvgIpc) is 3.02. The molecule has 0 bridgehead atoms. The molecule has 2 saturated heterocycles. The number of hydrogen-bond donors (Lipinski definition) is 0. The summed E-state index contributed by atoms with van der Waals surface area (Å²) in [6.45, 7) is 3.04. The van der Waals surface area contributed by atoms with Crippen molar-refractivity contribution in [2.45, 2.75) is 31.8 Å². The van der Waals surface area contributed by atoms with E-state index in [1.54, 1.807) is 18.5 Å². The van der Waals surface area contributed by atoms with Crippen LogP contribution in [0.4, 0.5) is 0 Å². The second-order valence-electron chi connectivity index (χ2n) is 5.66. The van der Waals surface area contributed by atoms with Gasteiger partial charge in [-0.2, -0.15) is 0 Å². The first kappa shape index (κ1) is 14.3. The molecule has 114 valence electrons. The SMILES string of the molecule is O=C(C[C@H]1CCOC1)N1CCC(Oc2ncccn2)CC1. The van der Waals surface area contributed by atoms with Gasteiger partial charge < -0.3 is 14.4 Å². The zero-order valence-electron chi connectivity index (χ0n) is 12.1. The predicted molar refractivity (Wildman–Crippen MR) is 75.8 cm³/mol. The van der Waals surface area contributed by atoms with E-state index in [9.17, 15) is 4.79 Å². The normalized spacial score (nSPS) is 23.2. The molecule has 0 radical (unpaired) electrons. The zero-order valence-corrected chi connectivity index (χ0v) is 12.1. The lowest BCUT2D eigenvalue weighted by Crippen LogP contribution is -2.42. The fourth-order valence-electron chi connectivity index (χ4n) is 2.84. The summed E-state index contributed by atoms with van der Waals surface area (Å²) in [7, 11) is 0. The van der Waals surface area contributed by atoms with Gasteiger partial charge in [0.15, 0.2) is 0 Å². The summed E-state index contributed by atoms with van der Waals surface area (Å²) in [5, 5.41) is 0. The Morgan fingerprint density at radius 3 is 2.71 bits per heavy atom. The molecule has 3 rings (SSSR count). The number of amides is 1. The van der Waals surface area contributed by atoms with E-state index in [1.807, 2.05) is 4.90 Å². The van der Waals surface area contributed by atoms with E-state index in [2.05, 4.69) is 9.97 Å². The second kappa shape index (κ2) is 6.85. The third-order valence-corrected chi connectivity index (χ3v) is 4.10. The van der Waals surface area contributed by atoms with Crippen molar-refractivity contribution in [1.82, 2.24) is 14.9 Å². The Morgan fingerprint density at radius 2 is 2.05 bits per heavy atom. The maximum absolute atomic E-state index is 12.2. The van der Waals surface area contributed by atoms with E-state index in [4.69, 9.17) is 9.47 Å². The average molecular weight is 291 g/mol. The Labute approximate surface area is 124 Å². The molecule has 0 N–H and O–H groups in total. The molecule has 0 aromatic carbocycles. The summed E-state index contributed by atoms with van der Waals surface area (Å²) in [5.41, 5.74) is 0. The van der Waals surface area contributed by atoms with Gasteiger partial charge in [-0.3, -0.25) is 4.79 Å². The molecular formula is C15H21N3O3. The molecule has 0 aliphatic carbocycles. The van der Waals surface area contributed by atoms with Crippen LogP contribution < -0.4 is 4.74 Å². The van der Waals surface area contributed by atoms with Crippen LogP contribution in [0.1, 0.15) is 25.7 Å². The number of carbonyl (C=O) groups excluding carboxylic acids is 1. The molecule has 1 atom stereocenters. The van der Waals surface area contributed by atoms with E-state index in [0.717, 1.165) is 45.6 Å². The van der Waals surface area contributed by atoms with Crippen LogP contribution in [-0.4, -0.2) is 53.2 Å². The first-order valence-corrected chi connectivity index (χ1v) is 7.60. The van der Waals surface area contributed by atoms with Crippen LogP contribution in [0, 0.1) is 5.92 Å². The van der Waals surface area contributed by atoms with Crippen molar-refractivity contribution in [3.63, 3.8) is 0 Å². The number of piperidine rings is 1. The van der Waals surface area contributed by atoms with Crippen LogP contribution in [0.3, 0.4) is 0 Å². The van der Waals surface area contributed by atoms with Gasteiger partial charge in [-0.05, 0) is 18.4 Å². The van der Waals surface area contributed by atoms with E-state index in [0.29, 0.717) is 18.3 Å². The van der Waals surface area contributed by atoms with Crippen LogP contribution in [0.15, 0.2) is 18.5 Å². The molecule has 6 nitrogen and oxygen atoms in total. The van der Waals surface area contributed by atoms with Crippen LogP contribution in [-0.2, 0) is 9.53 Å². The molecule has 3 heterocycles. The van der Waals surface area contributed by atoms with Crippen molar-refractivity contribution < 1.29 is 14.3 Å². The molecule has 2 aliphatic rings. The molecule has 0 saturated carbocycles. The number of likely N-dealkylation sites (tertiary alicyclic amines) is 1. The van der Waals surface area contributed by atoms with Crippen molar-refractivity contribution in [1.29, 1.82) is 0 Å². The first-order valence-electron chi connectivity index (χ1n) is 7.60. The largest absolute Gasteiger partial charge is 0.460 e. The van der Waals surface area contributed by atoms with Crippen LogP contribution in [0.2, 0.25) is 0 Å². The van der Waals surface area contributed by atoms with Gasteiger partial charge in [0.05, 0.1) is 0 Å². The molecule has 2 aliphatic heterocycles. The number of aromatic nitrogens is 2. The summed E-state index contributed by atoms with van der Waals surface area (Å²) >= 11 is 0. The molecule has 21 heavy (non-hydrogen) atoms. The summed E-state index contributed by atoms with van der Waals surface area (Å²) in [6, 6.07) is 2.19. The highest BCUT2D eigenvalue weighted by Crippen LogP contribution is 2.20. The van der Waals surface area contributed by atoms with E-state index in [1.165, 1.54) is 0 Å². The lowest BCUT2D eigenvalue weighted by Gasteiger charge is -2.32. The molecule has 0 unspecified atom stereocenters. The standard InChI is InChI=1S/C15H21N3O3/c19-14(10-12-4-9-20-11-12)18-7-2-13(3-8-18)21-15-16-5-1-6-17-15/h1,5-6,12-13H,2-4,7-11H2/t12-/m1/s1. The topological polar surface area (TPSA) is 64.5 Å². The fourth-order valence-corrected chi connectivity index (χ4v) is 2.84. The Hall–Kier alpha value is -1.69. The maximum Gasteiger partial charge on any atom is 0.316 e. The van der Waals surface area contributed by atoms with Gasteiger partial charge in [-0.1, -0.05) is 0 Å². The molecular weight excluding hydrogens is 270 g/mol. The first-order chi connectivity index (χ1) is 10.3. The van der Waals surface area contributed by atoms with Crippen molar-refractivity contribution in [2.75, 3.05) is 26.3 Å². The Balaban J connectivity index is 1.43. The highest BCUT2D eigenvalue weighted by atomic mass is 16.5. The van der Waals surface area contributed by atoms with E-state index >= 15 is 0 Å². The molecule has 2 fully saturated rings. The third-order valence-electron chi connectivity index (χ3n) is 4.10. The number of carbonyl (C=O) groups is 1. The van der Waals surface area contributed by atoms with Crippen LogP contribution in [0.5, 0.6) is 6.01 Å². The van der Waals surface area contributed by atoms with Crippen molar-refractivity contribution in [2.24, 2.45) is 5.92 Å². The number of hydrogen-bond acceptors (Lipinski definition) is 5. The van der Waals surface area contributed by atoms with Crippen molar-refractivity contribution in [3.05, 3.63) is 18.5 Å². The Morgan fingerprint density at radius 1 is 1.29 bits per heavy atom. The second-order valence-corrected chi connectivity index (χ2v) is 5.66. The third kappa shape index (κ3) is 3.91. The van der Waals surface area contributed by atoms with Gasteiger partial charge in [0.2, 0.25) is 5.91 Å². The van der Waals surface area contributed by atoms with Gasteiger partial charge in [-0.15, -0.1) is 0 Å². The number of ether oxygens (including phenoxy) is 2. The van der Waals surface area contributed by atoms with Gasteiger partial charge in [0, 0.05) is 58.0 Å². The minimum atomic E-state index is 0.103. The predicted octanol–water partition coefficient (Wildman–Crippen LogP) is 1.27. The minimum absolute atomic E-state index is 0.103. The Kier molecular flexibility index (Phi) is 4.65.